The third-order valence-electron chi connectivity index (χ3n) is 3.34. The van der Waals surface area contributed by atoms with Crippen LogP contribution in [0.2, 0.25) is 0 Å². The quantitative estimate of drug-likeness (QED) is 0.891. The zero-order valence-corrected chi connectivity index (χ0v) is 12.6. The maximum atomic E-state index is 6.08. The first kappa shape index (κ1) is 14.5. The van der Waals surface area contributed by atoms with Crippen LogP contribution < -0.4 is 10.1 Å². The van der Waals surface area contributed by atoms with Crippen LogP contribution in [0.4, 0.5) is 0 Å². The molecular formula is C17H22N2O. The summed E-state index contributed by atoms with van der Waals surface area (Å²) >= 11 is 0. The van der Waals surface area contributed by atoms with Crippen LogP contribution in [0.5, 0.6) is 11.5 Å². The molecule has 2 rings (SSSR count). The fourth-order valence-electron chi connectivity index (χ4n) is 2.04. The second-order valence-electron chi connectivity index (χ2n) is 5.30. The van der Waals surface area contributed by atoms with E-state index in [1.54, 1.807) is 12.4 Å². The van der Waals surface area contributed by atoms with Crippen LogP contribution in [0, 0.1) is 6.92 Å². The molecule has 3 nitrogen and oxygen atoms in total. The van der Waals surface area contributed by atoms with Gasteiger partial charge in [-0.15, -0.1) is 0 Å². The number of hydrogen-bond acceptors (Lipinski definition) is 3. The van der Waals surface area contributed by atoms with E-state index in [4.69, 9.17) is 4.74 Å². The lowest BCUT2D eigenvalue weighted by atomic mass is 10.0. The van der Waals surface area contributed by atoms with Gasteiger partial charge in [0.05, 0.1) is 6.20 Å². The maximum absolute atomic E-state index is 6.08. The van der Waals surface area contributed by atoms with Gasteiger partial charge >= 0.3 is 0 Å². The summed E-state index contributed by atoms with van der Waals surface area (Å²) in [5, 5.41) is 3.15. The molecule has 0 saturated carbocycles. The molecule has 0 spiro atoms. The zero-order chi connectivity index (χ0) is 14.5. The number of nitrogens with zero attached hydrogens (tertiary/aromatic N) is 1. The number of ether oxygens (including phenoxy) is 1. The van der Waals surface area contributed by atoms with Crippen molar-refractivity contribution in [2.75, 3.05) is 7.05 Å². The Labute approximate surface area is 121 Å². The summed E-state index contributed by atoms with van der Waals surface area (Å²) < 4.78 is 6.08. The topological polar surface area (TPSA) is 34.2 Å². The van der Waals surface area contributed by atoms with Gasteiger partial charge in [0.15, 0.2) is 0 Å². The molecule has 0 aliphatic carbocycles. The van der Waals surface area contributed by atoms with E-state index in [2.05, 4.69) is 49.3 Å². The van der Waals surface area contributed by atoms with Crippen molar-refractivity contribution < 1.29 is 4.74 Å². The number of aryl methyl sites for hydroxylation is 1. The van der Waals surface area contributed by atoms with E-state index >= 15 is 0 Å². The molecular weight excluding hydrogens is 248 g/mol. The molecule has 20 heavy (non-hydrogen) atoms. The molecule has 0 fully saturated rings. The van der Waals surface area contributed by atoms with Gasteiger partial charge in [0.2, 0.25) is 0 Å². The molecule has 1 N–H and O–H groups in total. The Kier molecular flexibility index (Phi) is 4.74. The number of aromatic nitrogens is 1. The smallest absolute Gasteiger partial charge is 0.150 e. The first-order valence-electron chi connectivity index (χ1n) is 6.97. The molecule has 1 aromatic carbocycles. The molecule has 0 saturated heterocycles. The summed E-state index contributed by atoms with van der Waals surface area (Å²) in [6.07, 6.45) is 3.56. The SMILES string of the molecule is CNCc1ccncc1Oc1cc(C(C)C)ccc1C. The van der Waals surface area contributed by atoms with Gasteiger partial charge in [-0.2, -0.15) is 0 Å². The van der Waals surface area contributed by atoms with E-state index in [9.17, 15) is 0 Å². The minimum absolute atomic E-state index is 0.489. The lowest BCUT2D eigenvalue weighted by molar-refractivity contribution is 0.467. The largest absolute Gasteiger partial charge is 0.455 e. The standard InChI is InChI=1S/C17H22N2O/c1-12(2)14-6-5-13(3)16(9-14)20-17-11-19-8-7-15(17)10-18-4/h5-9,11-12,18H,10H2,1-4H3. The molecule has 0 atom stereocenters. The van der Waals surface area contributed by atoms with Crippen molar-refractivity contribution in [1.82, 2.24) is 10.3 Å². The second-order valence-corrected chi connectivity index (χ2v) is 5.30. The maximum Gasteiger partial charge on any atom is 0.150 e. The van der Waals surface area contributed by atoms with Crippen molar-refractivity contribution >= 4 is 0 Å². The van der Waals surface area contributed by atoms with E-state index in [0.29, 0.717) is 5.92 Å². The monoisotopic (exact) mass is 270 g/mol. The highest BCUT2D eigenvalue weighted by atomic mass is 16.5. The Balaban J connectivity index is 2.32. The van der Waals surface area contributed by atoms with E-state index < -0.39 is 0 Å². The average molecular weight is 270 g/mol. The van der Waals surface area contributed by atoms with Crippen molar-refractivity contribution in [1.29, 1.82) is 0 Å². The van der Waals surface area contributed by atoms with E-state index in [0.717, 1.165) is 29.2 Å². The van der Waals surface area contributed by atoms with Gasteiger partial charge in [-0.3, -0.25) is 4.98 Å². The van der Waals surface area contributed by atoms with Crippen molar-refractivity contribution in [3.8, 4) is 11.5 Å². The van der Waals surface area contributed by atoms with Crippen LogP contribution >= 0.6 is 0 Å². The van der Waals surface area contributed by atoms with Gasteiger partial charge in [-0.05, 0) is 43.1 Å². The van der Waals surface area contributed by atoms with E-state index in [-0.39, 0.29) is 0 Å². The lowest BCUT2D eigenvalue weighted by Gasteiger charge is -2.14. The summed E-state index contributed by atoms with van der Waals surface area (Å²) in [6, 6.07) is 8.37. The van der Waals surface area contributed by atoms with Crippen molar-refractivity contribution in [3.63, 3.8) is 0 Å². The minimum atomic E-state index is 0.489. The van der Waals surface area contributed by atoms with Gasteiger partial charge in [-0.25, -0.2) is 0 Å². The van der Waals surface area contributed by atoms with Gasteiger partial charge in [-0.1, -0.05) is 26.0 Å². The van der Waals surface area contributed by atoms with E-state index in [1.165, 1.54) is 5.56 Å². The fraction of sp³-hybridized carbons (Fsp3) is 0.353. The summed E-state index contributed by atoms with van der Waals surface area (Å²) in [5.41, 5.74) is 3.52. The highest BCUT2D eigenvalue weighted by Gasteiger charge is 2.08. The molecule has 0 aliphatic heterocycles. The number of nitrogens with one attached hydrogen (secondary N) is 1. The lowest BCUT2D eigenvalue weighted by Crippen LogP contribution is -2.06. The van der Waals surface area contributed by atoms with Crippen molar-refractivity contribution in [2.24, 2.45) is 0 Å². The van der Waals surface area contributed by atoms with Crippen LogP contribution in [0.3, 0.4) is 0 Å². The molecule has 2 aromatic rings. The van der Waals surface area contributed by atoms with Crippen LogP contribution in [-0.4, -0.2) is 12.0 Å². The first-order chi connectivity index (χ1) is 9.61. The van der Waals surface area contributed by atoms with Gasteiger partial charge in [0, 0.05) is 18.3 Å². The minimum Gasteiger partial charge on any atom is -0.455 e. The first-order valence-corrected chi connectivity index (χ1v) is 6.97. The third-order valence-corrected chi connectivity index (χ3v) is 3.34. The molecule has 0 unspecified atom stereocenters. The molecule has 0 aliphatic rings. The fourth-order valence-corrected chi connectivity index (χ4v) is 2.04. The van der Waals surface area contributed by atoms with Crippen molar-refractivity contribution in [3.05, 3.63) is 53.3 Å². The van der Waals surface area contributed by atoms with Crippen molar-refractivity contribution in [2.45, 2.75) is 33.2 Å². The highest BCUT2D eigenvalue weighted by Crippen LogP contribution is 2.30. The predicted molar refractivity (Wildman–Crippen MR) is 82.3 cm³/mol. The molecule has 0 radical (unpaired) electrons. The summed E-state index contributed by atoms with van der Waals surface area (Å²) in [5.74, 6) is 2.20. The Bertz CT molecular complexity index is 579. The molecule has 1 aromatic heterocycles. The number of benzene rings is 1. The number of pyridine rings is 1. The molecule has 106 valence electrons. The number of hydrogen-bond donors (Lipinski definition) is 1. The normalized spacial score (nSPS) is 10.8. The predicted octanol–water partition coefficient (Wildman–Crippen LogP) is 4.03. The Morgan fingerprint density at radius 3 is 2.70 bits per heavy atom. The third kappa shape index (κ3) is 3.36. The van der Waals surface area contributed by atoms with Crippen LogP contribution in [0.1, 0.15) is 36.5 Å². The molecule has 3 heteroatoms. The second kappa shape index (κ2) is 6.53. The average Bonchev–Trinajstić information content (AvgIpc) is 2.43. The van der Waals surface area contributed by atoms with Gasteiger partial charge in [0.25, 0.3) is 0 Å². The molecule has 1 heterocycles. The van der Waals surface area contributed by atoms with Crippen LogP contribution in [0.25, 0.3) is 0 Å². The number of rotatable bonds is 5. The van der Waals surface area contributed by atoms with Gasteiger partial charge in [0.1, 0.15) is 11.5 Å². The molecule has 0 bridgehead atoms. The highest BCUT2D eigenvalue weighted by molar-refractivity contribution is 5.42. The van der Waals surface area contributed by atoms with Crippen LogP contribution in [0.15, 0.2) is 36.7 Å². The Morgan fingerprint density at radius 2 is 2.00 bits per heavy atom. The zero-order valence-electron chi connectivity index (χ0n) is 12.6. The summed E-state index contributed by atoms with van der Waals surface area (Å²) in [6.45, 7) is 7.20. The summed E-state index contributed by atoms with van der Waals surface area (Å²) in [4.78, 5) is 4.16. The Morgan fingerprint density at radius 1 is 1.20 bits per heavy atom. The van der Waals surface area contributed by atoms with Gasteiger partial charge < -0.3 is 10.1 Å². The van der Waals surface area contributed by atoms with Crippen LogP contribution in [-0.2, 0) is 6.54 Å². The molecule has 0 amide bonds. The summed E-state index contributed by atoms with van der Waals surface area (Å²) in [7, 11) is 1.93. The van der Waals surface area contributed by atoms with E-state index in [1.807, 2.05) is 13.1 Å². The Hall–Kier alpha value is -1.87.